The fourth-order valence-electron chi connectivity index (χ4n) is 3.04. The SMILES string of the molecule is Cl.c1ccc(-c2ccc(CNCCCSc3nnnn3-c3ccccc3)cc2)cc1. The van der Waals surface area contributed by atoms with E-state index in [1.807, 2.05) is 36.4 Å². The van der Waals surface area contributed by atoms with Gasteiger partial charge in [-0.2, -0.15) is 4.68 Å². The highest BCUT2D eigenvalue weighted by atomic mass is 35.5. The van der Waals surface area contributed by atoms with Gasteiger partial charge in [-0.15, -0.1) is 17.5 Å². The van der Waals surface area contributed by atoms with Gasteiger partial charge in [-0.25, -0.2) is 0 Å². The van der Waals surface area contributed by atoms with Gasteiger partial charge in [0.1, 0.15) is 0 Å². The molecule has 154 valence electrons. The monoisotopic (exact) mass is 437 g/mol. The van der Waals surface area contributed by atoms with Crippen LogP contribution < -0.4 is 5.32 Å². The topological polar surface area (TPSA) is 55.6 Å². The quantitative estimate of drug-likeness (QED) is 0.294. The molecule has 0 unspecified atom stereocenters. The molecule has 0 aliphatic carbocycles. The molecule has 0 atom stereocenters. The molecule has 0 saturated heterocycles. The number of aromatic nitrogens is 4. The predicted octanol–water partition coefficient (Wildman–Crippen LogP) is 5.02. The third kappa shape index (κ3) is 5.92. The predicted molar refractivity (Wildman–Crippen MR) is 125 cm³/mol. The standard InChI is InChI=1S/C23H23N5S.ClH/c1-3-8-20(9-4-1)21-14-12-19(13-15-21)18-24-16-7-17-29-23-25-26-27-28(23)22-10-5-2-6-11-22;/h1-6,8-15,24H,7,16-18H2;1H. The third-order valence-electron chi connectivity index (χ3n) is 4.56. The van der Waals surface area contributed by atoms with Crippen molar-refractivity contribution in [3.05, 3.63) is 90.5 Å². The van der Waals surface area contributed by atoms with E-state index in [0.717, 1.165) is 36.1 Å². The molecular weight excluding hydrogens is 414 g/mol. The van der Waals surface area contributed by atoms with Gasteiger partial charge in [0.15, 0.2) is 0 Å². The number of para-hydroxylation sites is 1. The summed E-state index contributed by atoms with van der Waals surface area (Å²) in [7, 11) is 0. The van der Waals surface area contributed by atoms with Crippen LogP contribution in [0.2, 0.25) is 0 Å². The summed E-state index contributed by atoms with van der Waals surface area (Å²) in [4.78, 5) is 0. The average molecular weight is 438 g/mol. The number of thioether (sulfide) groups is 1. The van der Waals surface area contributed by atoms with Gasteiger partial charge in [0.05, 0.1) is 5.69 Å². The van der Waals surface area contributed by atoms with Gasteiger partial charge in [-0.05, 0) is 52.2 Å². The van der Waals surface area contributed by atoms with Gasteiger partial charge in [0.2, 0.25) is 5.16 Å². The summed E-state index contributed by atoms with van der Waals surface area (Å²) < 4.78 is 1.78. The molecule has 3 aromatic carbocycles. The van der Waals surface area contributed by atoms with E-state index in [4.69, 9.17) is 0 Å². The number of halogens is 1. The summed E-state index contributed by atoms with van der Waals surface area (Å²) in [5.74, 6) is 0.965. The molecule has 0 amide bonds. The highest BCUT2D eigenvalue weighted by Gasteiger charge is 2.08. The second kappa shape index (κ2) is 11.5. The molecular formula is C23H24ClN5S. The van der Waals surface area contributed by atoms with Crippen LogP contribution in [-0.2, 0) is 6.54 Å². The smallest absolute Gasteiger partial charge is 0.214 e. The zero-order valence-corrected chi connectivity index (χ0v) is 18.1. The van der Waals surface area contributed by atoms with E-state index < -0.39 is 0 Å². The van der Waals surface area contributed by atoms with Crippen LogP contribution in [0.15, 0.2) is 90.1 Å². The van der Waals surface area contributed by atoms with Gasteiger partial charge in [0, 0.05) is 12.3 Å². The number of nitrogens with one attached hydrogen (secondary N) is 1. The molecule has 0 aliphatic heterocycles. The molecule has 1 heterocycles. The van der Waals surface area contributed by atoms with Crippen LogP contribution in [0, 0.1) is 0 Å². The van der Waals surface area contributed by atoms with E-state index in [-0.39, 0.29) is 12.4 Å². The second-order valence-corrected chi connectivity index (χ2v) is 7.71. The minimum absolute atomic E-state index is 0. The Labute approximate surface area is 187 Å². The first-order valence-corrected chi connectivity index (χ1v) is 10.7. The van der Waals surface area contributed by atoms with Crippen LogP contribution in [0.25, 0.3) is 16.8 Å². The summed E-state index contributed by atoms with van der Waals surface area (Å²) >= 11 is 1.68. The highest BCUT2D eigenvalue weighted by Crippen LogP contribution is 2.20. The number of benzene rings is 3. The Bertz CT molecular complexity index is 1010. The molecule has 1 N–H and O–H groups in total. The molecule has 7 heteroatoms. The van der Waals surface area contributed by atoms with Crippen molar-refractivity contribution in [1.29, 1.82) is 0 Å². The Morgan fingerprint density at radius 2 is 1.47 bits per heavy atom. The van der Waals surface area contributed by atoms with Crippen LogP contribution in [0.3, 0.4) is 0 Å². The number of hydrogen-bond acceptors (Lipinski definition) is 5. The Balaban J connectivity index is 0.00000256. The normalized spacial score (nSPS) is 10.5. The number of hydrogen-bond donors (Lipinski definition) is 1. The van der Waals surface area contributed by atoms with Crippen molar-refractivity contribution in [2.45, 2.75) is 18.1 Å². The molecule has 0 radical (unpaired) electrons. The molecule has 0 spiro atoms. The van der Waals surface area contributed by atoms with Crippen molar-refractivity contribution in [2.24, 2.45) is 0 Å². The van der Waals surface area contributed by atoms with Crippen molar-refractivity contribution >= 4 is 24.2 Å². The zero-order valence-electron chi connectivity index (χ0n) is 16.5. The zero-order chi connectivity index (χ0) is 19.7. The summed E-state index contributed by atoms with van der Waals surface area (Å²) in [6.07, 6.45) is 1.05. The maximum absolute atomic E-state index is 4.14. The van der Waals surface area contributed by atoms with Gasteiger partial charge in [-0.3, -0.25) is 0 Å². The van der Waals surface area contributed by atoms with Crippen molar-refractivity contribution in [1.82, 2.24) is 25.5 Å². The molecule has 5 nitrogen and oxygen atoms in total. The summed E-state index contributed by atoms with van der Waals surface area (Å²) in [5.41, 5.74) is 4.78. The molecule has 0 bridgehead atoms. The maximum atomic E-state index is 4.14. The van der Waals surface area contributed by atoms with Crippen LogP contribution in [0.1, 0.15) is 12.0 Å². The van der Waals surface area contributed by atoms with Crippen molar-refractivity contribution in [2.75, 3.05) is 12.3 Å². The van der Waals surface area contributed by atoms with Crippen molar-refractivity contribution < 1.29 is 0 Å². The molecule has 4 rings (SSSR count). The summed E-state index contributed by atoms with van der Waals surface area (Å²) in [6.45, 7) is 1.84. The molecule has 30 heavy (non-hydrogen) atoms. The second-order valence-electron chi connectivity index (χ2n) is 6.65. The fraction of sp³-hybridized carbons (Fsp3) is 0.174. The molecule has 4 aromatic rings. The fourth-order valence-corrected chi connectivity index (χ4v) is 3.87. The van der Waals surface area contributed by atoms with Gasteiger partial charge in [0.25, 0.3) is 0 Å². The van der Waals surface area contributed by atoms with Gasteiger partial charge >= 0.3 is 0 Å². The van der Waals surface area contributed by atoms with E-state index in [1.165, 1.54) is 16.7 Å². The van der Waals surface area contributed by atoms with E-state index in [0.29, 0.717) is 0 Å². The summed E-state index contributed by atoms with van der Waals surface area (Å²) in [5, 5.41) is 16.4. The molecule has 1 aromatic heterocycles. The first-order chi connectivity index (χ1) is 14.4. The van der Waals surface area contributed by atoms with Crippen LogP contribution in [-0.4, -0.2) is 32.5 Å². The van der Waals surface area contributed by atoms with E-state index in [9.17, 15) is 0 Å². The number of rotatable bonds is 9. The van der Waals surface area contributed by atoms with Crippen LogP contribution >= 0.6 is 24.2 Å². The average Bonchev–Trinajstić information content (AvgIpc) is 3.26. The minimum atomic E-state index is 0. The van der Waals surface area contributed by atoms with Crippen molar-refractivity contribution in [3.8, 4) is 16.8 Å². The van der Waals surface area contributed by atoms with E-state index in [1.54, 1.807) is 16.4 Å². The molecule has 0 aliphatic rings. The molecule has 0 saturated carbocycles. The Morgan fingerprint density at radius 3 is 2.20 bits per heavy atom. The Morgan fingerprint density at radius 1 is 0.800 bits per heavy atom. The van der Waals surface area contributed by atoms with Crippen molar-refractivity contribution in [3.63, 3.8) is 0 Å². The third-order valence-corrected chi connectivity index (χ3v) is 5.57. The lowest BCUT2D eigenvalue weighted by atomic mass is 10.0. The lowest BCUT2D eigenvalue weighted by Crippen LogP contribution is -2.15. The first-order valence-electron chi connectivity index (χ1n) is 9.72. The van der Waals surface area contributed by atoms with E-state index in [2.05, 4.69) is 69.4 Å². The van der Waals surface area contributed by atoms with Crippen LogP contribution in [0.4, 0.5) is 0 Å². The first kappa shape index (κ1) is 22.0. The summed E-state index contributed by atoms with van der Waals surface area (Å²) in [6, 6.07) is 29.2. The minimum Gasteiger partial charge on any atom is -0.313 e. The van der Waals surface area contributed by atoms with E-state index >= 15 is 0 Å². The molecule has 0 fully saturated rings. The lowest BCUT2D eigenvalue weighted by molar-refractivity contribution is 0.678. The highest BCUT2D eigenvalue weighted by molar-refractivity contribution is 7.99. The maximum Gasteiger partial charge on any atom is 0.214 e. The van der Waals surface area contributed by atoms with Crippen LogP contribution in [0.5, 0.6) is 0 Å². The Hall–Kier alpha value is -2.67. The number of nitrogens with zero attached hydrogens (tertiary/aromatic N) is 4. The number of tetrazole rings is 1. The lowest BCUT2D eigenvalue weighted by Gasteiger charge is -2.07. The Kier molecular flexibility index (Phi) is 8.44. The van der Waals surface area contributed by atoms with Gasteiger partial charge in [-0.1, -0.05) is 84.6 Å². The largest absolute Gasteiger partial charge is 0.313 e. The van der Waals surface area contributed by atoms with Gasteiger partial charge < -0.3 is 5.32 Å².